The Balaban J connectivity index is 1.47. The SMILES string of the molecule is COc1cc(CN(C)CC2CCCC2)ccc1OCC(O)CN1CCOCC1. The lowest BCUT2D eigenvalue weighted by atomic mass is 10.1. The second-order valence-electron chi connectivity index (χ2n) is 8.21. The van der Waals surface area contributed by atoms with Crippen molar-refractivity contribution in [3.63, 3.8) is 0 Å². The summed E-state index contributed by atoms with van der Waals surface area (Å²) in [5.41, 5.74) is 1.22. The Morgan fingerprint density at radius 2 is 1.96 bits per heavy atom. The summed E-state index contributed by atoms with van der Waals surface area (Å²) in [6, 6.07) is 6.10. The van der Waals surface area contributed by atoms with Gasteiger partial charge in [0.25, 0.3) is 0 Å². The zero-order valence-electron chi connectivity index (χ0n) is 17.4. The van der Waals surface area contributed by atoms with E-state index < -0.39 is 6.10 Å². The molecule has 1 aromatic rings. The molecule has 1 aliphatic heterocycles. The number of morpholine rings is 1. The molecular formula is C22H36N2O4. The van der Waals surface area contributed by atoms with E-state index in [1.165, 1.54) is 31.2 Å². The zero-order valence-corrected chi connectivity index (χ0v) is 17.4. The number of rotatable bonds is 10. The van der Waals surface area contributed by atoms with Gasteiger partial charge in [-0.3, -0.25) is 4.90 Å². The van der Waals surface area contributed by atoms with E-state index in [9.17, 15) is 5.11 Å². The molecular weight excluding hydrogens is 356 g/mol. The highest BCUT2D eigenvalue weighted by atomic mass is 16.5. The van der Waals surface area contributed by atoms with E-state index in [4.69, 9.17) is 14.2 Å². The van der Waals surface area contributed by atoms with Crippen molar-refractivity contribution in [2.24, 2.45) is 5.92 Å². The molecule has 3 rings (SSSR count). The van der Waals surface area contributed by atoms with Crippen molar-refractivity contribution in [1.29, 1.82) is 0 Å². The van der Waals surface area contributed by atoms with Crippen LogP contribution >= 0.6 is 0 Å². The van der Waals surface area contributed by atoms with Crippen molar-refractivity contribution in [3.8, 4) is 11.5 Å². The third kappa shape index (κ3) is 6.62. The van der Waals surface area contributed by atoms with Crippen LogP contribution in [0.3, 0.4) is 0 Å². The predicted molar refractivity (Wildman–Crippen MR) is 110 cm³/mol. The molecule has 6 heteroatoms. The fourth-order valence-corrected chi connectivity index (χ4v) is 4.26. The van der Waals surface area contributed by atoms with Crippen LogP contribution in [0.25, 0.3) is 0 Å². The van der Waals surface area contributed by atoms with Crippen molar-refractivity contribution < 1.29 is 19.3 Å². The van der Waals surface area contributed by atoms with Crippen molar-refractivity contribution in [1.82, 2.24) is 9.80 Å². The maximum absolute atomic E-state index is 10.3. The summed E-state index contributed by atoms with van der Waals surface area (Å²) in [7, 11) is 3.86. The molecule has 0 spiro atoms. The summed E-state index contributed by atoms with van der Waals surface area (Å²) in [5, 5.41) is 10.3. The Kier molecular flexibility index (Phi) is 8.40. The van der Waals surface area contributed by atoms with Gasteiger partial charge in [-0.25, -0.2) is 0 Å². The standard InChI is InChI=1S/C22H36N2O4/c1-23(14-18-5-3-4-6-18)15-19-7-8-21(22(13-19)26-2)28-17-20(25)16-24-9-11-27-12-10-24/h7-8,13,18,20,25H,3-6,9-12,14-17H2,1-2H3. The second kappa shape index (κ2) is 11.0. The molecule has 1 heterocycles. The highest BCUT2D eigenvalue weighted by Gasteiger charge is 2.18. The Hall–Kier alpha value is -1.34. The first kappa shape index (κ1) is 21.4. The molecule has 1 saturated heterocycles. The normalized spacial score (nSPS) is 19.9. The topological polar surface area (TPSA) is 54.4 Å². The van der Waals surface area contributed by atoms with E-state index in [-0.39, 0.29) is 6.61 Å². The van der Waals surface area contributed by atoms with E-state index in [0.717, 1.165) is 51.1 Å². The van der Waals surface area contributed by atoms with E-state index in [1.54, 1.807) is 7.11 Å². The lowest BCUT2D eigenvalue weighted by Gasteiger charge is -2.28. The first-order chi connectivity index (χ1) is 13.6. The van der Waals surface area contributed by atoms with Gasteiger partial charge in [-0.15, -0.1) is 0 Å². The fourth-order valence-electron chi connectivity index (χ4n) is 4.26. The number of hydrogen-bond donors (Lipinski definition) is 1. The highest BCUT2D eigenvalue weighted by Crippen LogP contribution is 2.29. The largest absolute Gasteiger partial charge is 0.493 e. The summed E-state index contributed by atoms with van der Waals surface area (Å²) in [6.45, 7) is 6.13. The summed E-state index contributed by atoms with van der Waals surface area (Å²) in [5.74, 6) is 2.26. The minimum absolute atomic E-state index is 0.259. The Morgan fingerprint density at radius 1 is 1.21 bits per heavy atom. The molecule has 2 aliphatic rings. The molecule has 0 radical (unpaired) electrons. The molecule has 0 aromatic heterocycles. The van der Waals surface area contributed by atoms with Gasteiger partial charge in [-0.1, -0.05) is 18.9 Å². The van der Waals surface area contributed by atoms with Gasteiger partial charge in [0.2, 0.25) is 0 Å². The van der Waals surface area contributed by atoms with Crippen LogP contribution < -0.4 is 9.47 Å². The van der Waals surface area contributed by atoms with Gasteiger partial charge in [0.15, 0.2) is 11.5 Å². The third-order valence-corrected chi connectivity index (χ3v) is 5.73. The number of β-amino-alcohol motifs (C(OH)–C–C–N with tert-alkyl or cyclic N) is 1. The molecule has 1 aliphatic carbocycles. The van der Waals surface area contributed by atoms with Gasteiger partial charge in [-0.2, -0.15) is 0 Å². The van der Waals surface area contributed by atoms with Crippen LogP contribution in [0.5, 0.6) is 11.5 Å². The summed E-state index contributed by atoms with van der Waals surface area (Å²) in [6.07, 6.45) is 4.98. The lowest BCUT2D eigenvalue weighted by Crippen LogP contribution is -2.42. The molecule has 0 amide bonds. The summed E-state index contributed by atoms with van der Waals surface area (Å²) < 4.78 is 16.7. The van der Waals surface area contributed by atoms with Gasteiger partial charge in [-0.05, 0) is 43.5 Å². The van der Waals surface area contributed by atoms with Crippen LogP contribution in [-0.2, 0) is 11.3 Å². The minimum atomic E-state index is -0.528. The smallest absolute Gasteiger partial charge is 0.161 e. The van der Waals surface area contributed by atoms with Crippen molar-refractivity contribution in [3.05, 3.63) is 23.8 Å². The van der Waals surface area contributed by atoms with Crippen molar-refractivity contribution >= 4 is 0 Å². The average Bonchev–Trinajstić information content (AvgIpc) is 3.20. The van der Waals surface area contributed by atoms with Crippen LogP contribution in [0.4, 0.5) is 0 Å². The molecule has 1 unspecified atom stereocenters. The maximum atomic E-state index is 10.3. The Labute approximate surface area is 169 Å². The predicted octanol–water partition coefficient (Wildman–Crippen LogP) is 2.39. The number of hydrogen-bond acceptors (Lipinski definition) is 6. The van der Waals surface area contributed by atoms with Gasteiger partial charge in [0, 0.05) is 32.7 Å². The zero-order chi connectivity index (χ0) is 19.8. The average molecular weight is 393 g/mol. The Morgan fingerprint density at radius 3 is 2.68 bits per heavy atom. The summed E-state index contributed by atoms with van der Waals surface area (Å²) in [4.78, 5) is 4.61. The van der Waals surface area contributed by atoms with Crippen LogP contribution in [0, 0.1) is 5.92 Å². The number of aliphatic hydroxyl groups is 1. The number of nitrogens with zero attached hydrogens (tertiary/aromatic N) is 2. The summed E-state index contributed by atoms with van der Waals surface area (Å²) >= 11 is 0. The first-order valence-electron chi connectivity index (χ1n) is 10.6. The Bertz CT molecular complexity index is 586. The van der Waals surface area contributed by atoms with Gasteiger partial charge < -0.3 is 24.2 Å². The van der Waals surface area contributed by atoms with Crippen molar-refractivity contribution in [2.75, 3.05) is 60.2 Å². The van der Waals surface area contributed by atoms with Crippen LogP contribution in [0.2, 0.25) is 0 Å². The first-order valence-corrected chi connectivity index (χ1v) is 10.6. The third-order valence-electron chi connectivity index (χ3n) is 5.73. The number of aliphatic hydroxyl groups excluding tert-OH is 1. The van der Waals surface area contributed by atoms with Crippen molar-refractivity contribution in [2.45, 2.75) is 38.3 Å². The number of ether oxygens (including phenoxy) is 3. The molecule has 1 N–H and O–H groups in total. The van der Waals surface area contributed by atoms with Gasteiger partial charge in [0.1, 0.15) is 12.7 Å². The van der Waals surface area contributed by atoms with Crippen LogP contribution in [-0.4, -0.2) is 81.2 Å². The van der Waals surface area contributed by atoms with Gasteiger partial charge in [0.05, 0.1) is 20.3 Å². The lowest BCUT2D eigenvalue weighted by molar-refractivity contribution is 0.00445. The molecule has 158 valence electrons. The number of methoxy groups -OCH3 is 1. The number of benzene rings is 1. The minimum Gasteiger partial charge on any atom is -0.493 e. The van der Waals surface area contributed by atoms with E-state index >= 15 is 0 Å². The van der Waals surface area contributed by atoms with Crippen LogP contribution in [0.15, 0.2) is 18.2 Å². The molecule has 1 aromatic carbocycles. The van der Waals surface area contributed by atoms with E-state index in [2.05, 4.69) is 29.0 Å². The molecule has 6 nitrogen and oxygen atoms in total. The quantitative estimate of drug-likeness (QED) is 0.660. The monoisotopic (exact) mass is 392 g/mol. The van der Waals surface area contributed by atoms with Crippen LogP contribution in [0.1, 0.15) is 31.2 Å². The maximum Gasteiger partial charge on any atom is 0.161 e. The van der Waals surface area contributed by atoms with E-state index in [1.807, 2.05) is 6.07 Å². The van der Waals surface area contributed by atoms with E-state index in [0.29, 0.717) is 12.3 Å². The molecule has 1 saturated carbocycles. The molecule has 0 bridgehead atoms. The second-order valence-corrected chi connectivity index (χ2v) is 8.21. The molecule has 1 atom stereocenters. The highest BCUT2D eigenvalue weighted by molar-refractivity contribution is 5.43. The molecule has 28 heavy (non-hydrogen) atoms. The molecule has 2 fully saturated rings. The fraction of sp³-hybridized carbons (Fsp3) is 0.727. The van der Waals surface area contributed by atoms with Gasteiger partial charge >= 0.3 is 0 Å².